The second kappa shape index (κ2) is 10.2. The number of carbonyl (C=O) groups excluding carboxylic acids is 1. The number of hydrogen-bond donors (Lipinski definition) is 2. The second-order valence-corrected chi connectivity index (χ2v) is 11.8. The first-order valence-corrected chi connectivity index (χ1v) is 14.1. The Morgan fingerprint density at radius 2 is 2.00 bits per heavy atom. The number of ether oxygens (including phenoxy) is 1. The summed E-state index contributed by atoms with van der Waals surface area (Å²) in [5.74, 6) is -0.00861. The molecule has 0 unspecified atom stereocenters. The van der Waals surface area contributed by atoms with E-state index in [2.05, 4.69) is 29.3 Å². The Morgan fingerprint density at radius 1 is 1.24 bits per heavy atom. The van der Waals surface area contributed by atoms with Crippen LogP contribution in [-0.4, -0.2) is 63.4 Å². The van der Waals surface area contributed by atoms with Crippen molar-refractivity contribution in [3.63, 3.8) is 0 Å². The zero-order valence-corrected chi connectivity index (χ0v) is 24.3. The van der Waals surface area contributed by atoms with E-state index in [1.54, 1.807) is 7.11 Å². The Morgan fingerprint density at radius 3 is 2.68 bits per heavy atom. The Labute approximate surface area is 244 Å². The van der Waals surface area contributed by atoms with Crippen molar-refractivity contribution in [1.82, 2.24) is 24.5 Å². The third-order valence-corrected chi connectivity index (χ3v) is 9.12. The molecule has 2 aromatic heterocycles. The molecule has 2 aliphatic rings. The molecule has 1 amide bonds. The maximum absolute atomic E-state index is 12.0. The monoisotopic (exact) mass is 571 g/mol. The van der Waals surface area contributed by atoms with Gasteiger partial charge >= 0.3 is 0 Å². The standard InChI is InChI=1S/C31H34ClN7O2/c1-5-26(40)37-16-31(17-37)12-22(13-31)39-19(3)27(28-23(14-33)24(34)10-18(2)29(28)32)30(36-39)20-6-7-25-21(11-20)15-38(35-25)8-9-41-4/h5-7,10-11,14-15,22,33H,1,8-9,12-13,16-17,34H2,2-4H3. The van der Waals surface area contributed by atoms with Gasteiger partial charge in [-0.15, -0.1) is 0 Å². The first-order valence-electron chi connectivity index (χ1n) is 13.7. The van der Waals surface area contributed by atoms with Crippen molar-refractivity contribution >= 4 is 40.3 Å². The van der Waals surface area contributed by atoms with Crippen LogP contribution in [0.3, 0.4) is 0 Å². The summed E-state index contributed by atoms with van der Waals surface area (Å²) in [6.07, 6.45) is 6.57. The number of aromatic nitrogens is 4. The maximum atomic E-state index is 12.0. The van der Waals surface area contributed by atoms with Crippen molar-refractivity contribution in [2.75, 3.05) is 32.5 Å². The number of nitrogens with two attached hydrogens (primary N) is 1. The summed E-state index contributed by atoms with van der Waals surface area (Å²) >= 11 is 6.97. The first-order chi connectivity index (χ1) is 19.7. The van der Waals surface area contributed by atoms with Gasteiger partial charge in [0.05, 0.1) is 29.7 Å². The Balaban J connectivity index is 1.45. The maximum Gasteiger partial charge on any atom is 0.245 e. The van der Waals surface area contributed by atoms with E-state index >= 15 is 0 Å². The molecule has 0 atom stereocenters. The fourth-order valence-electron chi connectivity index (χ4n) is 6.55. The number of anilines is 1. The molecule has 4 aromatic rings. The first kappa shape index (κ1) is 27.2. The van der Waals surface area contributed by atoms with Gasteiger partial charge in [-0.2, -0.15) is 10.2 Å². The minimum atomic E-state index is -0.00861. The van der Waals surface area contributed by atoms with Crippen LogP contribution in [0.2, 0.25) is 5.02 Å². The van der Waals surface area contributed by atoms with Crippen LogP contribution >= 0.6 is 11.6 Å². The van der Waals surface area contributed by atoms with E-state index in [9.17, 15) is 4.79 Å². The van der Waals surface area contributed by atoms with Crippen molar-refractivity contribution in [2.45, 2.75) is 39.3 Å². The molecule has 41 heavy (non-hydrogen) atoms. The average Bonchev–Trinajstić information content (AvgIpc) is 3.47. The van der Waals surface area contributed by atoms with Gasteiger partial charge in [-0.1, -0.05) is 24.2 Å². The summed E-state index contributed by atoms with van der Waals surface area (Å²) in [6.45, 7) is 10.4. The van der Waals surface area contributed by atoms with Gasteiger partial charge in [0.1, 0.15) is 5.69 Å². The van der Waals surface area contributed by atoms with E-state index in [4.69, 9.17) is 32.6 Å². The number of aryl methyl sites for hydroxylation is 1. The van der Waals surface area contributed by atoms with E-state index in [1.807, 2.05) is 40.9 Å². The van der Waals surface area contributed by atoms with Gasteiger partial charge in [0.25, 0.3) is 0 Å². The van der Waals surface area contributed by atoms with Crippen LogP contribution in [0.25, 0.3) is 33.3 Å². The molecule has 0 bridgehead atoms. The normalized spacial score (nSPS) is 16.1. The molecule has 6 rings (SSSR count). The molecule has 10 heteroatoms. The number of nitrogens with one attached hydrogen (secondary N) is 1. The number of fused-ring (bicyclic) bond motifs is 1. The second-order valence-electron chi connectivity index (χ2n) is 11.4. The van der Waals surface area contributed by atoms with Crippen LogP contribution < -0.4 is 5.73 Å². The highest BCUT2D eigenvalue weighted by atomic mass is 35.5. The zero-order chi connectivity index (χ0) is 29.1. The molecular formula is C31H34ClN7O2. The highest BCUT2D eigenvalue weighted by Crippen LogP contribution is 2.55. The molecule has 1 aliphatic heterocycles. The van der Waals surface area contributed by atoms with Gasteiger partial charge in [0, 0.05) is 77.0 Å². The van der Waals surface area contributed by atoms with Crippen LogP contribution in [-0.2, 0) is 16.1 Å². The van der Waals surface area contributed by atoms with E-state index in [0.29, 0.717) is 29.4 Å². The summed E-state index contributed by atoms with van der Waals surface area (Å²) in [4.78, 5) is 13.9. The number of benzene rings is 2. The molecule has 1 aliphatic carbocycles. The molecule has 9 nitrogen and oxygen atoms in total. The predicted molar refractivity (Wildman–Crippen MR) is 163 cm³/mol. The largest absolute Gasteiger partial charge is 0.398 e. The summed E-state index contributed by atoms with van der Waals surface area (Å²) in [7, 11) is 1.68. The lowest BCUT2D eigenvalue weighted by molar-refractivity contribution is -0.149. The molecular weight excluding hydrogens is 538 g/mol. The van der Waals surface area contributed by atoms with Crippen molar-refractivity contribution in [2.24, 2.45) is 5.41 Å². The smallest absolute Gasteiger partial charge is 0.245 e. The van der Waals surface area contributed by atoms with Gasteiger partial charge in [-0.25, -0.2) is 0 Å². The summed E-state index contributed by atoms with van der Waals surface area (Å²) in [5, 5.41) is 19.6. The Bertz CT molecular complexity index is 1710. The topological polar surface area (TPSA) is 115 Å². The lowest BCUT2D eigenvalue weighted by Crippen LogP contribution is -2.63. The van der Waals surface area contributed by atoms with Crippen LogP contribution in [0.4, 0.5) is 5.69 Å². The molecule has 0 radical (unpaired) electrons. The van der Waals surface area contributed by atoms with Gasteiger partial charge in [0.2, 0.25) is 5.91 Å². The number of nitrogen functional groups attached to an aromatic ring is 1. The minimum absolute atomic E-state index is 0.00861. The van der Waals surface area contributed by atoms with Crippen molar-refractivity contribution in [1.29, 1.82) is 5.41 Å². The zero-order valence-electron chi connectivity index (χ0n) is 23.6. The quantitative estimate of drug-likeness (QED) is 0.167. The fraction of sp³-hybridized carbons (Fsp3) is 0.355. The average molecular weight is 572 g/mol. The van der Waals surface area contributed by atoms with Gasteiger partial charge in [0.15, 0.2) is 0 Å². The van der Waals surface area contributed by atoms with E-state index in [1.165, 1.54) is 12.3 Å². The molecule has 2 fully saturated rings. The van der Waals surface area contributed by atoms with Crippen LogP contribution in [0.5, 0.6) is 0 Å². The van der Waals surface area contributed by atoms with Gasteiger partial charge in [-0.05, 0) is 56.5 Å². The highest BCUT2D eigenvalue weighted by Gasteiger charge is 2.54. The van der Waals surface area contributed by atoms with E-state index in [-0.39, 0.29) is 17.4 Å². The Hall–Kier alpha value is -3.95. The van der Waals surface area contributed by atoms with Crippen molar-refractivity contribution in [3.05, 3.63) is 65.0 Å². The molecule has 3 heterocycles. The van der Waals surface area contributed by atoms with Gasteiger partial charge in [-0.3, -0.25) is 14.2 Å². The van der Waals surface area contributed by atoms with Crippen LogP contribution in [0, 0.1) is 24.7 Å². The number of hydrogen-bond acceptors (Lipinski definition) is 6. The molecule has 2 aromatic carbocycles. The van der Waals surface area contributed by atoms with E-state index < -0.39 is 0 Å². The third kappa shape index (κ3) is 4.44. The molecule has 3 N–H and O–H groups in total. The molecule has 1 spiro atoms. The summed E-state index contributed by atoms with van der Waals surface area (Å²) in [5.41, 5.74) is 13.7. The highest BCUT2D eigenvalue weighted by molar-refractivity contribution is 6.35. The summed E-state index contributed by atoms with van der Waals surface area (Å²) < 4.78 is 9.22. The lowest BCUT2D eigenvalue weighted by Gasteiger charge is -2.58. The van der Waals surface area contributed by atoms with Gasteiger partial charge < -0.3 is 20.8 Å². The number of rotatable bonds is 8. The summed E-state index contributed by atoms with van der Waals surface area (Å²) in [6, 6.07) is 8.16. The van der Waals surface area contributed by atoms with Crippen LogP contribution in [0.15, 0.2) is 43.1 Å². The SMILES string of the molecule is C=CC(=O)N1CC2(CC(n3nc(-c4ccc5nn(CCOC)cc5c4)c(-c4c(Cl)c(C)cc(N)c4C=N)c3C)C2)C1. The Kier molecular flexibility index (Phi) is 6.74. The van der Waals surface area contributed by atoms with Crippen molar-refractivity contribution < 1.29 is 9.53 Å². The molecule has 1 saturated carbocycles. The van der Waals surface area contributed by atoms with Crippen molar-refractivity contribution in [3.8, 4) is 22.4 Å². The number of likely N-dealkylation sites (tertiary alicyclic amines) is 1. The number of amides is 1. The number of nitrogens with zero attached hydrogens (tertiary/aromatic N) is 5. The molecule has 1 saturated heterocycles. The number of methoxy groups -OCH3 is 1. The molecule has 212 valence electrons. The fourth-order valence-corrected chi connectivity index (χ4v) is 6.80. The predicted octanol–water partition coefficient (Wildman–Crippen LogP) is 5.41. The van der Waals surface area contributed by atoms with Crippen LogP contribution in [0.1, 0.15) is 35.7 Å². The third-order valence-electron chi connectivity index (χ3n) is 8.63. The number of halogens is 1. The van der Waals surface area contributed by atoms with E-state index in [0.717, 1.165) is 70.5 Å². The lowest BCUT2D eigenvalue weighted by atomic mass is 9.60. The minimum Gasteiger partial charge on any atom is -0.398 e. The number of carbonyl (C=O) groups is 1.